The van der Waals surface area contributed by atoms with Crippen LogP contribution in [-0.2, 0) is 16.1 Å². The molecule has 0 atom stereocenters. The van der Waals surface area contributed by atoms with Crippen molar-refractivity contribution in [2.45, 2.75) is 13.0 Å². The molecular formula is C20H21ClN2O3. The van der Waals surface area contributed by atoms with E-state index in [4.69, 9.17) is 16.3 Å². The summed E-state index contributed by atoms with van der Waals surface area (Å²) in [6, 6.07) is 16.9. The molecule has 0 saturated carbocycles. The van der Waals surface area contributed by atoms with Gasteiger partial charge in [0.1, 0.15) is 12.5 Å². The number of alkyl carbamates (subject to hydrolysis) is 1. The highest BCUT2D eigenvalue weighted by molar-refractivity contribution is 6.29. The molecule has 5 nitrogen and oxygen atoms in total. The summed E-state index contributed by atoms with van der Waals surface area (Å²) >= 11 is 5.44. The standard InChI is InChI=1S/C20H21ClN2O3/c21-14-19(24)23-18-11-9-16(10-12-18)6-4-5-13-22-20(25)26-15-17-7-2-1-3-8-17/h1-4,6-12H,5,13-15H2,(H,22,25)(H,23,24). The van der Waals surface area contributed by atoms with Crippen molar-refractivity contribution >= 4 is 35.4 Å². The number of benzene rings is 2. The van der Waals surface area contributed by atoms with Crippen LogP contribution < -0.4 is 10.6 Å². The van der Waals surface area contributed by atoms with Crippen LogP contribution in [0.2, 0.25) is 0 Å². The minimum Gasteiger partial charge on any atom is -0.445 e. The molecule has 0 spiro atoms. The highest BCUT2D eigenvalue weighted by Gasteiger charge is 2.01. The van der Waals surface area contributed by atoms with Gasteiger partial charge in [0.05, 0.1) is 0 Å². The van der Waals surface area contributed by atoms with Gasteiger partial charge in [0.2, 0.25) is 5.91 Å². The third-order valence-corrected chi connectivity index (χ3v) is 3.66. The van der Waals surface area contributed by atoms with Crippen LogP contribution in [0.1, 0.15) is 17.5 Å². The summed E-state index contributed by atoms with van der Waals surface area (Å²) in [5.74, 6) is -0.303. The molecule has 2 rings (SSSR count). The largest absolute Gasteiger partial charge is 0.445 e. The van der Waals surface area contributed by atoms with E-state index in [-0.39, 0.29) is 18.4 Å². The number of hydrogen-bond acceptors (Lipinski definition) is 3. The second-order valence-electron chi connectivity index (χ2n) is 5.48. The molecule has 2 amide bonds. The number of carbonyl (C=O) groups is 2. The molecule has 0 heterocycles. The van der Waals surface area contributed by atoms with Gasteiger partial charge in [0.25, 0.3) is 0 Å². The van der Waals surface area contributed by atoms with Crippen LogP contribution in [0.4, 0.5) is 10.5 Å². The number of halogens is 1. The van der Waals surface area contributed by atoms with Crippen molar-refractivity contribution in [3.05, 3.63) is 71.8 Å². The van der Waals surface area contributed by atoms with Crippen molar-refractivity contribution in [1.29, 1.82) is 0 Å². The molecule has 2 N–H and O–H groups in total. The Labute approximate surface area is 158 Å². The third kappa shape index (κ3) is 7.40. The highest BCUT2D eigenvalue weighted by Crippen LogP contribution is 2.11. The predicted molar refractivity (Wildman–Crippen MR) is 104 cm³/mol. The van der Waals surface area contributed by atoms with Gasteiger partial charge in [-0.3, -0.25) is 4.79 Å². The Balaban J connectivity index is 1.64. The lowest BCUT2D eigenvalue weighted by Gasteiger charge is -2.06. The van der Waals surface area contributed by atoms with Crippen LogP contribution in [0.3, 0.4) is 0 Å². The predicted octanol–water partition coefficient (Wildman–Crippen LogP) is 4.19. The summed E-state index contributed by atoms with van der Waals surface area (Å²) in [4.78, 5) is 22.8. The van der Waals surface area contributed by atoms with Crippen LogP contribution >= 0.6 is 11.6 Å². The van der Waals surface area contributed by atoms with E-state index in [0.717, 1.165) is 11.1 Å². The molecule has 0 aliphatic rings. The van der Waals surface area contributed by atoms with Gasteiger partial charge >= 0.3 is 6.09 Å². The molecule has 0 aromatic heterocycles. The second-order valence-corrected chi connectivity index (χ2v) is 5.75. The summed E-state index contributed by atoms with van der Waals surface area (Å²) in [6.45, 7) is 0.753. The van der Waals surface area contributed by atoms with E-state index in [0.29, 0.717) is 18.7 Å². The van der Waals surface area contributed by atoms with Crippen LogP contribution in [0.25, 0.3) is 6.08 Å². The lowest BCUT2D eigenvalue weighted by molar-refractivity contribution is -0.113. The molecule has 0 aliphatic heterocycles. The minimum atomic E-state index is -0.429. The Bertz CT molecular complexity index is 730. The molecule has 0 unspecified atom stereocenters. The number of ether oxygens (including phenoxy) is 1. The molecule has 0 bridgehead atoms. The van der Waals surface area contributed by atoms with Crippen molar-refractivity contribution in [2.24, 2.45) is 0 Å². The van der Waals surface area contributed by atoms with Crippen LogP contribution in [0.15, 0.2) is 60.7 Å². The van der Waals surface area contributed by atoms with Gasteiger partial charge in [-0.25, -0.2) is 4.79 Å². The van der Waals surface area contributed by atoms with Gasteiger partial charge in [-0.05, 0) is 29.7 Å². The number of nitrogens with one attached hydrogen (secondary N) is 2. The number of rotatable bonds is 8. The van der Waals surface area contributed by atoms with E-state index in [1.807, 2.05) is 66.7 Å². The minimum absolute atomic E-state index is 0.0670. The first-order chi connectivity index (χ1) is 12.7. The Kier molecular flexibility index (Phi) is 8.23. The topological polar surface area (TPSA) is 67.4 Å². The average molecular weight is 373 g/mol. The molecule has 0 saturated heterocycles. The van der Waals surface area contributed by atoms with Gasteiger partial charge in [-0.15, -0.1) is 11.6 Å². The van der Waals surface area contributed by atoms with Crippen LogP contribution in [0, 0.1) is 0 Å². The van der Waals surface area contributed by atoms with E-state index in [1.54, 1.807) is 0 Å². The molecule has 0 fully saturated rings. The van der Waals surface area contributed by atoms with E-state index < -0.39 is 6.09 Å². The number of alkyl halides is 1. The van der Waals surface area contributed by atoms with Crippen molar-refractivity contribution in [2.75, 3.05) is 17.7 Å². The number of carbonyl (C=O) groups excluding carboxylic acids is 2. The normalized spacial score (nSPS) is 10.5. The summed E-state index contributed by atoms with van der Waals surface area (Å²) < 4.78 is 5.13. The first kappa shape index (κ1) is 19.5. The molecular weight excluding hydrogens is 352 g/mol. The zero-order valence-corrected chi connectivity index (χ0v) is 15.0. The first-order valence-corrected chi connectivity index (χ1v) is 8.78. The Hall–Kier alpha value is -2.79. The maximum absolute atomic E-state index is 11.6. The second kappa shape index (κ2) is 10.9. The first-order valence-electron chi connectivity index (χ1n) is 8.24. The fraction of sp³-hybridized carbons (Fsp3) is 0.200. The fourth-order valence-corrected chi connectivity index (χ4v) is 2.19. The lowest BCUT2D eigenvalue weighted by atomic mass is 10.2. The summed E-state index contributed by atoms with van der Waals surface area (Å²) in [5.41, 5.74) is 2.66. The summed E-state index contributed by atoms with van der Waals surface area (Å²) in [6.07, 6.45) is 4.17. The molecule has 2 aromatic carbocycles. The average Bonchev–Trinajstić information content (AvgIpc) is 2.68. The van der Waals surface area contributed by atoms with Gasteiger partial charge in [-0.2, -0.15) is 0 Å². The third-order valence-electron chi connectivity index (χ3n) is 3.42. The summed E-state index contributed by atoms with van der Waals surface area (Å²) in [7, 11) is 0. The molecule has 6 heteroatoms. The smallest absolute Gasteiger partial charge is 0.407 e. The van der Waals surface area contributed by atoms with Crippen LogP contribution in [-0.4, -0.2) is 24.4 Å². The Morgan fingerprint density at radius 1 is 1.04 bits per heavy atom. The number of anilines is 1. The van der Waals surface area contributed by atoms with E-state index in [1.165, 1.54) is 0 Å². The molecule has 0 aliphatic carbocycles. The SMILES string of the molecule is O=C(CCl)Nc1ccc(C=CCCNC(=O)OCc2ccccc2)cc1. The Morgan fingerprint density at radius 2 is 1.77 bits per heavy atom. The van der Waals surface area contributed by atoms with Crippen molar-refractivity contribution in [3.63, 3.8) is 0 Å². The highest BCUT2D eigenvalue weighted by atomic mass is 35.5. The van der Waals surface area contributed by atoms with E-state index in [2.05, 4.69) is 10.6 Å². The van der Waals surface area contributed by atoms with Gasteiger partial charge in [0, 0.05) is 12.2 Å². The fourth-order valence-electron chi connectivity index (χ4n) is 2.12. The number of hydrogen-bond donors (Lipinski definition) is 2. The van der Waals surface area contributed by atoms with Crippen LogP contribution in [0.5, 0.6) is 0 Å². The Morgan fingerprint density at radius 3 is 2.46 bits per heavy atom. The summed E-state index contributed by atoms with van der Waals surface area (Å²) in [5, 5.41) is 5.38. The van der Waals surface area contributed by atoms with Crippen molar-refractivity contribution < 1.29 is 14.3 Å². The molecule has 136 valence electrons. The van der Waals surface area contributed by atoms with E-state index in [9.17, 15) is 9.59 Å². The zero-order chi connectivity index (χ0) is 18.6. The quantitative estimate of drug-likeness (QED) is 0.539. The van der Waals surface area contributed by atoms with Crippen molar-refractivity contribution in [1.82, 2.24) is 5.32 Å². The maximum Gasteiger partial charge on any atom is 0.407 e. The molecule has 2 aromatic rings. The molecule has 0 radical (unpaired) electrons. The van der Waals surface area contributed by atoms with Crippen molar-refractivity contribution in [3.8, 4) is 0 Å². The molecule has 26 heavy (non-hydrogen) atoms. The number of amides is 2. The monoisotopic (exact) mass is 372 g/mol. The maximum atomic E-state index is 11.6. The van der Waals surface area contributed by atoms with Gasteiger partial charge in [-0.1, -0.05) is 54.6 Å². The van der Waals surface area contributed by atoms with Gasteiger partial charge in [0.15, 0.2) is 0 Å². The van der Waals surface area contributed by atoms with Gasteiger partial charge < -0.3 is 15.4 Å². The van der Waals surface area contributed by atoms with E-state index >= 15 is 0 Å². The zero-order valence-electron chi connectivity index (χ0n) is 14.3. The lowest BCUT2D eigenvalue weighted by Crippen LogP contribution is -2.24.